The maximum atomic E-state index is 13.7. The van der Waals surface area contributed by atoms with Crippen molar-refractivity contribution in [1.29, 1.82) is 0 Å². The van der Waals surface area contributed by atoms with Crippen LogP contribution in [0.25, 0.3) is 10.2 Å². The van der Waals surface area contributed by atoms with Gasteiger partial charge in [0.2, 0.25) is 5.91 Å². The molecule has 1 aliphatic heterocycles. The number of aromatic nitrogens is 2. The van der Waals surface area contributed by atoms with Crippen LogP contribution in [0.2, 0.25) is 0 Å². The molecule has 9 heteroatoms. The van der Waals surface area contributed by atoms with E-state index in [0.717, 1.165) is 32.0 Å². The summed E-state index contributed by atoms with van der Waals surface area (Å²) in [5.41, 5.74) is 2.02. The van der Waals surface area contributed by atoms with Crippen molar-refractivity contribution >= 4 is 33.3 Å². The molecule has 5 rings (SSSR count). The van der Waals surface area contributed by atoms with Gasteiger partial charge in [-0.2, -0.15) is 0 Å². The van der Waals surface area contributed by atoms with E-state index in [-0.39, 0.29) is 17.8 Å². The van der Waals surface area contributed by atoms with Crippen LogP contribution in [0, 0.1) is 5.82 Å². The highest BCUT2D eigenvalue weighted by atomic mass is 32.1. The summed E-state index contributed by atoms with van der Waals surface area (Å²) < 4.78 is 19.8. The van der Waals surface area contributed by atoms with Crippen LogP contribution < -0.4 is 5.32 Å². The molecule has 3 heterocycles. The van der Waals surface area contributed by atoms with Crippen molar-refractivity contribution in [3.8, 4) is 0 Å². The van der Waals surface area contributed by atoms with Crippen molar-refractivity contribution in [3.05, 3.63) is 100 Å². The fourth-order valence-electron chi connectivity index (χ4n) is 6.14. The van der Waals surface area contributed by atoms with Gasteiger partial charge in [-0.15, -0.1) is 11.3 Å². The number of ether oxygens (including phenoxy) is 1. The van der Waals surface area contributed by atoms with Crippen LogP contribution >= 0.6 is 11.3 Å². The van der Waals surface area contributed by atoms with Gasteiger partial charge in [-0.1, -0.05) is 48.5 Å². The number of carbonyl (C=O) groups is 1. The second-order valence-corrected chi connectivity index (χ2v) is 13.5. The van der Waals surface area contributed by atoms with Gasteiger partial charge in [-0.25, -0.2) is 14.4 Å². The maximum absolute atomic E-state index is 13.7. The minimum absolute atomic E-state index is 0.00368. The van der Waals surface area contributed by atoms with Crippen LogP contribution in [0.4, 0.5) is 10.2 Å². The molecule has 1 N–H and O–H groups in total. The normalized spacial score (nSPS) is 16.5. The third kappa shape index (κ3) is 6.64. The predicted octanol–water partition coefficient (Wildman–Crippen LogP) is 6.72. The molecule has 0 fully saturated rings. The molecular weight excluding hydrogens is 561 g/mol. The molecule has 0 radical (unpaired) electrons. The Morgan fingerprint density at radius 3 is 2.63 bits per heavy atom. The van der Waals surface area contributed by atoms with E-state index >= 15 is 0 Å². The number of rotatable bonds is 10. The number of fused-ring (bicyclic) bond motifs is 3. The summed E-state index contributed by atoms with van der Waals surface area (Å²) in [6.45, 7) is 9.85. The Hall–Kier alpha value is -3.66. The van der Waals surface area contributed by atoms with E-state index in [1.54, 1.807) is 29.8 Å². The summed E-state index contributed by atoms with van der Waals surface area (Å²) in [5, 5.41) is 4.65. The monoisotopic (exact) mass is 601 g/mol. The van der Waals surface area contributed by atoms with Gasteiger partial charge >= 0.3 is 0 Å². The van der Waals surface area contributed by atoms with E-state index in [1.165, 1.54) is 17.7 Å². The molecule has 43 heavy (non-hydrogen) atoms. The number of carbonyl (C=O) groups excluding carboxylic acids is 1. The van der Waals surface area contributed by atoms with Crippen LogP contribution in [-0.2, 0) is 28.1 Å². The Bertz CT molecular complexity index is 1620. The molecule has 226 valence electrons. The number of benzene rings is 2. The van der Waals surface area contributed by atoms with E-state index in [1.807, 2.05) is 54.2 Å². The zero-order valence-corrected chi connectivity index (χ0v) is 26.5. The van der Waals surface area contributed by atoms with E-state index < -0.39 is 11.1 Å². The second-order valence-electron chi connectivity index (χ2n) is 12.5. The first-order valence-corrected chi connectivity index (χ1v) is 15.3. The average Bonchev–Trinajstić information content (AvgIpc) is 3.32. The molecule has 1 amide bonds. The summed E-state index contributed by atoms with van der Waals surface area (Å²) in [4.78, 5) is 29.0. The molecule has 1 aliphatic rings. The lowest BCUT2D eigenvalue weighted by molar-refractivity contribution is -0.140. The number of nitrogens with zero attached hydrogens (tertiary/aromatic N) is 4. The van der Waals surface area contributed by atoms with Gasteiger partial charge < -0.3 is 19.9 Å². The van der Waals surface area contributed by atoms with Crippen molar-refractivity contribution in [2.75, 3.05) is 32.6 Å². The van der Waals surface area contributed by atoms with E-state index in [4.69, 9.17) is 9.72 Å². The second kappa shape index (κ2) is 12.5. The Kier molecular flexibility index (Phi) is 8.96. The molecule has 0 spiro atoms. The number of hydrogen-bond acceptors (Lipinski definition) is 7. The summed E-state index contributed by atoms with van der Waals surface area (Å²) in [7, 11) is 3.97. The van der Waals surface area contributed by atoms with Crippen LogP contribution in [0.15, 0.2) is 73.1 Å². The zero-order chi connectivity index (χ0) is 30.8. The number of thiophene rings is 1. The summed E-state index contributed by atoms with van der Waals surface area (Å²) in [6.07, 6.45) is 5.88. The van der Waals surface area contributed by atoms with Crippen LogP contribution in [0.5, 0.6) is 0 Å². The lowest BCUT2D eigenvalue weighted by atomic mass is 9.79. The fourth-order valence-corrected chi connectivity index (χ4v) is 7.39. The fraction of sp³-hybridized carbons (Fsp3) is 0.382. The smallest absolute Gasteiger partial charge is 0.247 e. The van der Waals surface area contributed by atoms with Crippen molar-refractivity contribution < 1.29 is 13.9 Å². The Labute approximate surface area is 257 Å². The number of hydrogen-bond donors (Lipinski definition) is 1. The molecule has 7 nitrogen and oxygen atoms in total. The summed E-state index contributed by atoms with van der Waals surface area (Å²) >= 11 is 1.63. The molecule has 2 aromatic heterocycles. The Morgan fingerprint density at radius 2 is 1.91 bits per heavy atom. The molecule has 0 aliphatic carbocycles. The van der Waals surface area contributed by atoms with Crippen molar-refractivity contribution in [2.45, 2.75) is 57.8 Å². The highest BCUT2D eigenvalue weighted by Gasteiger charge is 2.48. The predicted molar refractivity (Wildman–Crippen MR) is 172 cm³/mol. The number of amides is 1. The molecule has 2 aromatic carbocycles. The highest BCUT2D eigenvalue weighted by Crippen LogP contribution is 2.50. The molecule has 1 atom stereocenters. The topological polar surface area (TPSA) is 70.6 Å². The number of halogens is 1. The van der Waals surface area contributed by atoms with Gasteiger partial charge in [0.05, 0.1) is 30.2 Å². The third-order valence-electron chi connectivity index (χ3n) is 7.82. The van der Waals surface area contributed by atoms with Gasteiger partial charge in [-0.3, -0.25) is 4.79 Å². The lowest BCUT2D eigenvalue weighted by Gasteiger charge is -2.52. The molecule has 0 saturated carbocycles. The molecule has 0 unspecified atom stereocenters. The molecular formula is C34H40FN5O2S. The van der Waals surface area contributed by atoms with E-state index in [2.05, 4.69) is 50.1 Å². The Morgan fingerprint density at radius 1 is 1.14 bits per heavy atom. The first-order valence-electron chi connectivity index (χ1n) is 14.5. The quantitative estimate of drug-likeness (QED) is 0.204. The van der Waals surface area contributed by atoms with Gasteiger partial charge in [-0.05, 0) is 77.0 Å². The van der Waals surface area contributed by atoms with Crippen LogP contribution in [0.3, 0.4) is 0 Å². The highest BCUT2D eigenvalue weighted by molar-refractivity contribution is 7.19. The summed E-state index contributed by atoms with van der Waals surface area (Å²) in [6, 6.07) is 16.4. The largest absolute Gasteiger partial charge is 0.374 e. The van der Waals surface area contributed by atoms with Crippen LogP contribution in [-0.4, -0.2) is 58.5 Å². The van der Waals surface area contributed by atoms with Crippen LogP contribution in [0.1, 0.15) is 55.3 Å². The average molecular weight is 602 g/mol. The molecule has 0 saturated heterocycles. The lowest BCUT2D eigenvalue weighted by Crippen LogP contribution is -2.60. The number of nitrogens with one attached hydrogen (secondary N) is 1. The Balaban J connectivity index is 1.48. The zero-order valence-electron chi connectivity index (χ0n) is 25.7. The number of likely N-dealkylation sites (N-methyl/N-ethyl adjacent to an activating group) is 1. The van der Waals surface area contributed by atoms with E-state index in [9.17, 15) is 9.18 Å². The summed E-state index contributed by atoms with van der Waals surface area (Å²) in [5.74, 6) is 0.465. The SMILES string of the molecule is CN(C)CC=CC(=O)N1C(C)(C)Cc2c(sc3ncnc(N[C@H](COCc4cccc(F)c4)c4ccccc4)c23)C1(C)C. The standard InChI is InChI=1S/C34H40FN5O2S/c1-33(2)19-26-29-31(38-27(24-13-8-7-9-14-24)21-42-20-23-12-10-15-25(35)18-23)36-22-37-32(29)43-30(26)34(3,4)40(33)28(41)16-11-17-39(5)6/h7-16,18,22,27H,17,19-21H2,1-6H3,(H,36,37,38)/t27-/m1/s1. The number of anilines is 1. The molecule has 0 bridgehead atoms. The van der Waals surface area contributed by atoms with Gasteiger partial charge in [0, 0.05) is 23.0 Å². The third-order valence-corrected chi connectivity index (χ3v) is 9.28. The minimum atomic E-state index is -0.549. The van der Waals surface area contributed by atoms with Crippen molar-refractivity contribution in [3.63, 3.8) is 0 Å². The van der Waals surface area contributed by atoms with Gasteiger partial charge in [0.1, 0.15) is 22.8 Å². The molecule has 4 aromatic rings. The minimum Gasteiger partial charge on any atom is -0.374 e. The van der Waals surface area contributed by atoms with Crippen molar-refractivity contribution in [1.82, 2.24) is 19.8 Å². The first-order chi connectivity index (χ1) is 20.5. The van der Waals surface area contributed by atoms with Gasteiger partial charge in [0.15, 0.2) is 0 Å². The van der Waals surface area contributed by atoms with Crippen molar-refractivity contribution in [2.24, 2.45) is 0 Å². The maximum Gasteiger partial charge on any atom is 0.247 e. The van der Waals surface area contributed by atoms with E-state index in [0.29, 0.717) is 26.2 Å². The first kappa shape index (κ1) is 30.8. The van der Waals surface area contributed by atoms with Gasteiger partial charge in [0.25, 0.3) is 0 Å².